The van der Waals surface area contributed by atoms with Crippen molar-refractivity contribution in [3.8, 4) is 17.2 Å². The zero-order valence-electron chi connectivity index (χ0n) is 18.8. The molecule has 1 heterocycles. The number of oxazole rings is 1. The van der Waals surface area contributed by atoms with Crippen molar-refractivity contribution >= 4 is 49.4 Å². The van der Waals surface area contributed by atoms with Crippen molar-refractivity contribution in [3.05, 3.63) is 88.9 Å². The topological polar surface area (TPSA) is 64.4 Å². The SMILES string of the molecule is CC(C)c1ccc(OCC(=O)Nc2ccc3oc(-c4cccc5c(Br)cccc45)nc3c2)cc1. The van der Waals surface area contributed by atoms with Gasteiger partial charge in [0.25, 0.3) is 5.91 Å². The molecule has 0 radical (unpaired) electrons. The van der Waals surface area contributed by atoms with E-state index in [4.69, 9.17) is 9.15 Å². The molecular weight excluding hydrogens is 492 g/mol. The fourth-order valence-corrected chi connectivity index (χ4v) is 4.37. The van der Waals surface area contributed by atoms with Crippen molar-refractivity contribution in [1.29, 1.82) is 0 Å². The minimum atomic E-state index is -0.241. The average Bonchev–Trinajstić information content (AvgIpc) is 3.26. The number of amides is 1. The van der Waals surface area contributed by atoms with Crippen molar-refractivity contribution < 1.29 is 13.9 Å². The molecule has 0 saturated heterocycles. The minimum absolute atomic E-state index is 0.0754. The first-order valence-corrected chi connectivity index (χ1v) is 11.9. The number of nitrogens with one attached hydrogen (secondary N) is 1. The number of rotatable bonds is 6. The fourth-order valence-electron chi connectivity index (χ4n) is 3.87. The van der Waals surface area contributed by atoms with E-state index in [0.717, 1.165) is 20.8 Å². The number of halogens is 1. The lowest BCUT2D eigenvalue weighted by Crippen LogP contribution is -2.20. The van der Waals surface area contributed by atoms with Crippen molar-refractivity contribution in [2.75, 3.05) is 11.9 Å². The number of carbonyl (C=O) groups excluding carboxylic acids is 1. The molecule has 170 valence electrons. The molecule has 6 heteroatoms. The van der Waals surface area contributed by atoms with E-state index < -0.39 is 0 Å². The largest absolute Gasteiger partial charge is 0.484 e. The van der Waals surface area contributed by atoms with Crippen LogP contribution in [0.25, 0.3) is 33.3 Å². The van der Waals surface area contributed by atoms with Crippen LogP contribution in [0.4, 0.5) is 5.69 Å². The minimum Gasteiger partial charge on any atom is -0.484 e. The summed E-state index contributed by atoms with van der Waals surface area (Å²) in [6.45, 7) is 4.20. The molecule has 5 rings (SSSR count). The Kier molecular flexibility index (Phi) is 6.07. The molecule has 0 unspecified atom stereocenters. The Morgan fingerprint density at radius 1 is 1.00 bits per heavy atom. The molecule has 0 bridgehead atoms. The van der Waals surface area contributed by atoms with E-state index in [1.165, 1.54) is 5.56 Å². The molecule has 1 aromatic heterocycles. The van der Waals surface area contributed by atoms with Gasteiger partial charge < -0.3 is 14.5 Å². The highest BCUT2D eigenvalue weighted by Gasteiger charge is 2.13. The average molecular weight is 515 g/mol. The van der Waals surface area contributed by atoms with Crippen LogP contribution in [0.5, 0.6) is 5.75 Å². The molecule has 0 spiro atoms. The number of nitrogens with zero attached hydrogens (tertiary/aromatic N) is 1. The highest BCUT2D eigenvalue weighted by molar-refractivity contribution is 9.10. The van der Waals surface area contributed by atoms with Crippen molar-refractivity contribution in [1.82, 2.24) is 4.98 Å². The Morgan fingerprint density at radius 3 is 2.56 bits per heavy atom. The predicted octanol–water partition coefficient (Wildman–Crippen LogP) is 7.55. The van der Waals surface area contributed by atoms with Crippen LogP contribution in [-0.4, -0.2) is 17.5 Å². The monoisotopic (exact) mass is 514 g/mol. The molecule has 4 aromatic carbocycles. The number of benzene rings is 4. The second-order valence-electron chi connectivity index (χ2n) is 8.40. The lowest BCUT2D eigenvalue weighted by Gasteiger charge is -2.09. The first kappa shape index (κ1) is 22.2. The molecule has 0 atom stereocenters. The standard InChI is InChI=1S/C28H23BrN2O3/c1-17(2)18-9-12-20(13-10-18)33-16-27(32)30-19-11-14-26-25(15-19)31-28(34-26)23-7-3-6-22-21(23)5-4-8-24(22)29/h3-15,17H,16H2,1-2H3,(H,30,32). The summed E-state index contributed by atoms with van der Waals surface area (Å²) in [5, 5.41) is 5.01. The number of fused-ring (bicyclic) bond motifs is 2. The van der Waals surface area contributed by atoms with Crippen LogP contribution in [0, 0.1) is 0 Å². The fraction of sp³-hybridized carbons (Fsp3) is 0.143. The summed E-state index contributed by atoms with van der Waals surface area (Å²) in [6, 6.07) is 25.3. The van der Waals surface area contributed by atoms with Gasteiger partial charge in [0, 0.05) is 15.7 Å². The Labute approximate surface area is 205 Å². The highest BCUT2D eigenvalue weighted by atomic mass is 79.9. The quantitative estimate of drug-likeness (QED) is 0.254. The number of anilines is 1. The lowest BCUT2D eigenvalue weighted by atomic mass is 10.0. The molecule has 0 aliphatic carbocycles. The molecule has 5 nitrogen and oxygen atoms in total. The molecule has 0 fully saturated rings. The second kappa shape index (κ2) is 9.31. The highest BCUT2D eigenvalue weighted by Crippen LogP contribution is 2.34. The maximum absolute atomic E-state index is 12.4. The number of hydrogen-bond acceptors (Lipinski definition) is 4. The van der Waals surface area contributed by atoms with Crippen LogP contribution >= 0.6 is 15.9 Å². The van der Waals surface area contributed by atoms with Gasteiger partial charge in [-0.2, -0.15) is 0 Å². The third-order valence-corrected chi connectivity index (χ3v) is 6.38. The van der Waals surface area contributed by atoms with E-state index in [1.54, 1.807) is 12.1 Å². The van der Waals surface area contributed by atoms with E-state index in [1.807, 2.05) is 60.7 Å². The molecule has 5 aromatic rings. The molecule has 0 aliphatic rings. The summed E-state index contributed by atoms with van der Waals surface area (Å²) in [5.74, 6) is 1.41. The van der Waals surface area contributed by atoms with Crippen LogP contribution in [0.3, 0.4) is 0 Å². The van der Waals surface area contributed by atoms with Gasteiger partial charge in [0.2, 0.25) is 5.89 Å². The molecule has 1 N–H and O–H groups in total. The van der Waals surface area contributed by atoms with Crippen LogP contribution in [0.2, 0.25) is 0 Å². The van der Waals surface area contributed by atoms with E-state index in [0.29, 0.717) is 34.3 Å². The van der Waals surface area contributed by atoms with Gasteiger partial charge in [-0.3, -0.25) is 4.79 Å². The second-order valence-corrected chi connectivity index (χ2v) is 9.26. The maximum atomic E-state index is 12.4. The van der Waals surface area contributed by atoms with Gasteiger partial charge in [0.15, 0.2) is 12.2 Å². The maximum Gasteiger partial charge on any atom is 0.262 e. The zero-order valence-corrected chi connectivity index (χ0v) is 20.4. The van der Waals surface area contributed by atoms with Gasteiger partial charge in [0.1, 0.15) is 11.3 Å². The summed E-state index contributed by atoms with van der Waals surface area (Å²) in [6.07, 6.45) is 0. The van der Waals surface area contributed by atoms with Gasteiger partial charge in [-0.05, 0) is 64.7 Å². The molecule has 34 heavy (non-hydrogen) atoms. The van der Waals surface area contributed by atoms with Crippen LogP contribution in [0.1, 0.15) is 25.3 Å². The first-order chi connectivity index (χ1) is 16.5. The number of aromatic nitrogens is 1. The lowest BCUT2D eigenvalue weighted by molar-refractivity contribution is -0.118. The molecule has 0 aliphatic heterocycles. The van der Waals surface area contributed by atoms with Gasteiger partial charge in [-0.25, -0.2) is 4.98 Å². The summed E-state index contributed by atoms with van der Waals surface area (Å²) in [4.78, 5) is 17.1. The van der Waals surface area contributed by atoms with E-state index in [2.05, 4.69) is 46.1 Å². The Bertz CT molecular complexity index is 1490. The van der Waals surface area contributed by atoms with Gasteiger partial charge in [0.05, 0.1) is 0 Å². The smallest absolute Gasteiger partial charge is 0.262 e. The number of hydrogen-bond donors (Lipinski definition) is 1. The summed E-state index contributed by atoms with van der Waals surface area (Å²) in [7, 11) is 0. The van der Waals surface area contributed by atoms with Gasteiger partial charge in [-0.15, -0.1) is 0 Å². The third kappa shape index (κ3) is 4.54. The summed E-state index contributed by atoms with van der Waals surface area (Å²) in [5.41, 5.74) is 4.11. The van der Waals surface area contributed by atoms with Crippen molar-refractivity contribution in [2.24, 2.45) is 0 Å². The Balaban J connectivity index is 1.31. The van der Waals surface area contributed by atoms with E-state index in [-0.39, 0.29) is 12.5 Å². The molecular formula is C28H23BrN2O3. The van der Waals surface area contributed by atoms with Crippen molar-refractivity contribution in [3.63, 3.8) is 0 Å². The molecule has 1 amide bonds. The normalized spacial score (nSPS) is 11.3. The zero-order chi connectivity index (χ0) is 23.7. The van der Waals surface area contributed by atoms with Gasteiger partial charge in [-0.1, -0.05) is 66.2 Å². The Hall–Kier alpha value is -3.64. The van der Waals surface area contributed by atoms with Crippen LogP contribution in [-0.2, 0) is 4.79 Å². The van der Waals surface area contributed by atoms with Crippen molar-refractivity contribution in [2.45, 2.75) is 19.8 Å². The number of ether oxygens (including phenoxy) is 1. The van der Waals surface area contributed by atoms with E-state index >= 15 is 0 Å². The molecule has 0 saturated carbocycles. The number of carbonyl (C=O) groups is 1. The van der Waals surface area contributed by atoms with Crippen LogP contribution in [0.15, 0.2) is 87.8 Å². The Morgan fingerprint density at radius 2 is 1.76 bits per heavy atom. The van der Waals surface area contributed by atoms with E-state index in [9.17, 15) is 4.79 Å². The van der Waals surface area contributed by atoms with Crippen LogP contribution < -0.4 is 10.1 Å². The summed E-state index contributed by atoms with van der Waals surface area (Å²) >= 11 is 3.61. The van der Waals surface area contributed by atoms with Gasteiger partial charge >= 0.3 is 0 Å². The third-order valence-electron chi connectivity index (χ3n) is 5.69. The predicted molar refractivity (Wildman–Crippen MR) is 139 cm³/mol. The summed E-state index contributed by atoms with van der Waals surface area (Å²) < 4.78 is 12.7. The first-order valence-electron chi connectivity index (χ1n) is 11.1.